The van der Waals surface area contributed by atoms with Crippen molar-refractivity contribution >= 4 is 29.7 Å². The molecule has 138 valence electrons. The Morgan fingerprint density at radius 1 is 1.27 bits per heavy atom. The third-order valence-electron chi connectivity index (χ3n) is 3.18. The molecule has 0 aromatic heterocycles. The monoisotopic (exact) mass is 365 g/mol. The van der Waals surface area contributed by atoms with E-state index in [9.17, 15) is 24.5 Å². The lowest BCUT2D eigenvalue weighted by Crippen LogP contribution is -2.41. The molecule has 0 spiro atoms. The molecule has 0 N–H and O–H groups in total. The number of cyclic esters (lactones) is 2. The van der Waals surface area contributed by atoms with Crippen molar-refractivity contribution in [2.24, 2.45) is 0 Å². The van der Waals surface area contributed by atoms with E-state index in [1.54, 1.807) is 0 Å². The number of carbonyl (C=O) groups is 3. The summed E-state index contributed by atoms with van der Waals surface area (Å²) in [5, 5.41) is 11.2. The minimum Gasteiger partial charge on any atom is -0.475 e. The van der Waals surface area contributed by atoms with Gasteiger partial charge in [-0.2, -0.15) is 0 Å². The zero-order chi connectivity index (χ0) is 19.5. The van der Waals surface area contributed by atoms with Gasteiger partial charge in [0.15, 0.2) is 12.4 Å². The van der Waals surface area contributed by atoms with E-state index in [0.29, 0.717) is 0 Å². The maximum absolute atomic E-state index is 11.9. The van der Waals surface area contributed by atoms with Gasteiger partial charge in [-0.25, -0.2) is 14.4 Å². The maximum Gasteiger partial charge on any atom is 0.348 e. The summed E-state index contributed by atoms with van der Waals surface area (Å²) in [5.74, 6) is -4.07. The van der Waals surface area contributed by atoms with Crippen molar-refractivity contribution in [2.45, 2.75) is 19.6 Å². The molecule has 1 aliphatic heterocycles. The van der Waals surface area contributed by atoms with Crippen molar-refractivity contribution in [1.29, 1.82) is 0 Å². The van der Waals surface area contributed by atoms with Crippen LogP contribution in [0, 0.1) is 10.1 Å². The number of nitrogens with zero attached hydrogens (tertiary/aromatic N) is 1. The van der Waals surface area contributed by atoms with Crippen LogP contribution in [0.15, 0.2) is 23.8 Å². The van der Waals surface area contributed by atoms with Crippen molar-refractivity contribution in [1.82, 2.24) is 0 Å². The molecule has 0 unspecified atom stereocenters. The van der Waals surface area contributed by atoms with Gasteiger partial charge in [0, 0.05) is 19.9 Å². The number of esters is 3. The van der Waals surface area contributed by atoms with Crippen LogP contribution in [0.1, 0.15) is 19.4 Å². The largest absolute Gasteiger partial charge is 0.475 e. The molecule has 1 saturated heterocycles. The van der Waals surface area contributed by atoms with E-state index in [2.05, 4.69) is 4.74 Å². The summed E-state index contributed by atoms with van der Waals surface area (Å²) in [6.07, 6.45) is 1.11. The summed E-state index contributed by atoms with van der Waals surface area (Å²) in [4.78, 5) is 45.4. The summed E-state index contributed by atoms with van der Waals surface area (Å²) in [6.45, 7) is 2.29. The lowest BCUT2D eigenvalue weighted by Gasteiger charge is -2.29. The third-order valence-corrected chi connectivity index (χ3v) is 3.18. The van der Waals surface area contributed by atoms with Crippen molar-refractivity contribution in [2.75, 3.05) is 13.7 Å². The number of hydrogen-bond donors (Lipinski definition) is 0. The molecule has 1 aromatic rings. The number of rotatable bonds is 5. The highest BCUT2D eigenvalue weighted by Gasteiger charge is 2.38. The fourth-order valence-corrected chi connectivity index (χ4v) is 2.03. The van der Waals surface area contributed by atoms with Gasteiger partial charge < -0.3 is 18.9 Å². The fourth-order valence-electron chi connectivity index (χ4n) is 2.03. The molecule has 1 aliphatic rings. The van der Waals surface area contributed by atoms with Crippen LogP contribution >= 0.6 is 0 Å². The van der Waals surface area contributed by atoms with Crippen LogP contribution in [-0.4, -0.2) is 42.3 Å². The predicted molar refractivity (Wildman–Crippen MR) is 84.8 cm³/mol. The predicted octanol–water partition coefficient (Wildman–Crippen LogP) is 1.37. The minimum absolute atomic E-state index is 0.169. The fraction of sp³-hybridized carbons (Fsp3) is 0.312. The van der Waals surface area contributed by atoms with Crippen molar-refractivity contribution in [3.63, 3.8) is 0 Å². The molecule has 0 radical (unpaired) electrons. The van der Waals surface area contributed by atoms with Crippen molar-refractivity contribution < 1.29 is 38.3 Å². The number of ether oxygens (including phenoxy) is 4. The van der Waals surface area contributed by atoms with Gasteiger partial charge in [-0.05, 0) is 17.7 Å². The normalized spacial score (nSPS) is 15.6. The van der Waals surface area contributed by atoms with Gasteiger partial charge in [-0.1, -0.05) is 6.07 Å². The lowest BCUT2D eigenvalue weighted by atomic mass is 10.1. The van der Waals surface area contributed by atoms with Gasteiger partial charge in [0.05, 0.1) is 12.0 Å². The first-order valence-corrected chi connectivity index (χ1v) is 7.29. The van der Waals surface area contributed by atoms with Crippen LogP contribution in [0.2, 0.25) is 0 Å². The zero-order valence-electron chi connectivity index (χ0n) is 14.1. The highest BCUT2D eigenvalue weighted by molar-refractivity contribution is 6.18. The Labute approximate surface area is 147 Å². The SMILES string of the molecule is COC(=O)COc1ccc(C=C2C(=O)OC(C)(C)OC2=O)cc1[N+](=O)[O-]. The van der Waals surface area contributed by atoms with E-state index in [1.165, 1.54) is 26.0 Å². The average molecular weight is 365 g/mol. The number of methoxy groups -OCH3 is 1. The Morgan fingerprint density at radius 3 is 2.42 bits per heavy atom. The Kier molecular flexibility index (Phi) is 5.24. The molecule has 0 amide bonds. The quantitative estimate of drug-likeness (QED) is 0.249. The van der Waals surface area contributed by atoms with Gasteiger partial charge in [-0.15, -0.1) is 0 Å². The maximum atomic E-state index is 11.9. The molecule has 1 heterocycles. The molecule has 10 nitrogen and oxygen atoms in total. The van der Waals surface area contributed by atoms with Crippen LogP contribution < -0.4 is 4.74 Å². The van der Waals surface area contributed by atoms with Gasteiger partial charge >= 0.3 is 23.6 Å². The van der Waals surface area contributed by atoms with E-state index in [4.69, 9.17) is 14.2 Å². The summed E-state index contributed by atoms with van der Waals surface area (Å²) in [6, 6.07) is 3.68. The minimum atomic E-state index is -1.39. The van der Waals surface area contributed by atoms with Crippen LogP contribution in [-0.2, 0) is 28.6 Å². The second kappa shape index (κ2) is 7.21. The van der Waals surface area contributed by atoms with E-state index < -0.39 is 46.5 Å². The summed E-state index contributed by atoms with van der Waals surface area (Å²) in [7, 11) is 1.15. The van der Waals surface area contributed by atoms with Crippen LogP contribution in [0.3, 0.4) is 0 Å². The van der Waals surface area contributed by atoms with Crippen LogP contribution in [0.25, 0.3) is 6.08 Å². The van der Waals surface area contributed by atoms with E-state index in [0.717, 1.165) is 19.3 Å². The molecular weight excluding hydrogens is 350 g/mol. The van der Waals surface area contributed by atoms with E-state index >= 15 is 0 Å². The summed E-state index contributed by atoms with van der Waals surface area (Å²) in [5.41, 5.74) is -0.686. The smallest absolute Gasteiger partial charge is 0.348 e. The number of nitro benzene ring substituents is 1. The molecule has 2 rings (SSSR count). The second-order valence-electron chi connectivity index (χ2n) is 5.59. The first-order chi connectivity index (χ1) is 12.1. The summed E-state index contributed by atoms with van der Waals surface area (Å²) >= 11 is 0. The van der Waals surface area contributed by atoms with Crippen LogP contribution in [0.4, 0.5) is 5.69 Å². The van der Waals surface area contributed by atoms with E-state index in [-0.39, 0.29) is 11.3 Å². The topological polar surface area (TPSA) is 131 Å². The first-order valence-electron chi connectivity index (χ1n) is 7.29. The number of hydrogen-bond acceptors (Lipinski definition) is 9. The third kappa shape index (κ3) is 4.35. The first kappa shape index (κ1) is 18.9. The Balaban J connectivity index is 2.32. The molecule has 1 aromatic carbocycles. The highest BCUT2D eigenvalue weighted by atomic mass is 16.7. The summed E-state index contributed by atoms with van der Waals surface area (Å²) < 4.78 is 19.3. The standard InChI is InChI=1S/C16H15NO9/c1-16(2)25-14(19)10(15(20)26-16)6-9-4-5-12(11(7-9)17(21)22)24-8-13(18)23-3/h4-7H,8H2,1-3H3. The number of nitro groups is 1. The van der Waals surface area contributed by atoms with Crippen molar-refractivity contribution in [3.8, 4) is 5.75 Å². The molecular formula is C16H15NO9. The Hall–Kier alpha value is -3.43. The van der Waals surface area contributed by atoms with Gasteiger partial charge in [0.25, 0.3) is 5.79 Å². The van der Waals surface area contributed by atoms with E-state index in [1.807, 2.05) is 0 Å². The molecule has 0 atom stereocenters. The van der Waals surface area contributed by atoms with Gasteiger partial charge in [-0.3, -0.25) is 10.1 Å². The molecule has 0 saturated carbocycles. The van der Waals surface area contributed by atoms with Crippen LogP contribution in [0.5, 0.6) is 5.75 Å². The van der Waals surface area contributed by atoms with Gasteiger partial charge in [0.2, 0.25) is 0 Å². The van der Waals surface area contributed by atoms with Crippen molar-refractivity contribution in [3.05, 3.63) is 39.4 Å². The second-order valence-corrected chi connectivity index (χ2v) is 5.59. The molecule has 10 heteroatoms. The zero-order valence-corrected chi connectivity index (χ0v) is 14.1. The molecule has 26 heavy (non-hydrogen) atoms. The number of carbonyl (C=O) groups excluding carboxylic acids is 3. The highest BCUT2D eigenvalue weighted by Crippen LogP contribution is 2.30. The average Bonchev–Trinajstić information content (AvgIpc) is 2.55. The Morgan fingerprint density at radius 2 is 1.88 bits per heavy atom. The van der Waals surface area contributed by atoms with Gasteiger partial charge in [0.1, 0.15) is 5.57 Å². The molecule has 0 aliphatic carbocycles. The molecule has 1 fully saturated rings. The Bertz CT molecular complexity index is 788. The molecule has 0 bridgehead atoms. The lowest BCUT2D eigenvalue weighted by molar-refractivity contribution is -0.385. The number of benzene rings is 1.